The van der Waals surface area contributed by atoms with Crippen molar-refractivity contribution >= 4 is 22.4 Å². The number of nitrogens with one attached hydrogen (secondary N) is 2. The summed E-state index contributed by atoms with van der Waals surface area (Å²) in [6.07, 6.45) is 1.74. The first kappa shape index (κ1) is 23.1. The predicted octanol–water partition coefficient (Wildman–Crippen LogP) is 1.43. The summed E-state index contributed by atoms with van der Waals surface area (Å²) in [5.74, 6) is 0.332. The van der Waals surface area contributed by atoms with Crippen molar-refractivity contribution < 1.29 is 22.6 Å². The van der Waals surface area contributed by atoms with Crippen LogP contribution in [-0.2, 0) is 19.5 Å². The van der Waals surface area contributed by atoms with Gasteiger partial charge in [0, 0.05) is 26.2 Å². The number of piperidine rings is 1. The number of rotatable bonds is 10. The summed E-state index contributed by atoms with van der Waals surface area (Å²) in [5, 5.41) is 3.30. The summed E-state index contributed by atoms with van der Waals surface area (Å²) in [5.41, 5.74) is -0.182. The third-order valence-corrected chi connectivity index (χ3v) is 5.88. The average Bonchev–Trinajstić information content (AvgIpc) is 2.62. The highest BCUT2D eigenvalue weighted by Crippen LogP contribution is 2.30. The van der Waals surface area contributed by atoms with Crippen molar-refractivity contribution in [2.75, 3.05) is 53.7 Å². The predicted molar refractivity (Wildman–Crippen MR) is 103 cm³/mol. The third-order valence-electron chi connectivity index (χ3n) is 4.44. The fourth-order valence-corrected chi connectivity index (χ4v) is 4.29. The van der Waals surface area contributed by atoms with Gasteiger partial charge in [-0.3, -0.25) is 0 Å². The van der Waals surface area contributed by atoms with Crippen LogP contribution in [0.2, 0.25) is 0 Å². The minimum atomic E-state index is -3.68. The highest BCUT2D eigenvalue weighted by molar-refractivity contribution is 7.89. The Kier molecular flexibility index (Phi) is 9.84. The molecule has 0 aliphatic carbocycles. The van der Waals surface area contributed by atoms with Gasteiger partial charge in [-0.25, -0.2) is 13.1 Å². The van der Waals surface area contributed by atoms with Crippen LogP contribution in [0.1, 0.15) is 12.8 Å². The van der Waals surface area contributed by atoms with Crippen molar-refractivity contribution in [1.82, 2.24) is 10.0 Å². The van der Waals surface area contributed by atoms with E-state index in [1.807, 2.05) is 0 Å². The molecule has 1 fully saturated rings. The molecule has 2 rings (SSSR count). The van der Waals surface area contributed by atoms with Gasteiger partial charge >= 0.3 is 0 Å². The van der Waals surface area contributed by atoms with E-state index < -0.39 is 10.0 Å². The molecule has 2 N–H and O–H groups in total. The lowest BCUT2D eigenvalue weighted by Crippen LogP contribution is -2.47. The van der Waals surface area contributed by atoms with Crippen LogP contribution < -0.4 is 14.8 Å². The van der Waals surface area contributed by atoms with Crippen LogP contribution in [-0.4, -0.2) is 62.1 Å². The second-order valence-electron chi connectivity index (χ2n) is 6.30. The van der Waals surface area contributed by atoms with Crippen molar-refractivity contribution in [1.29, 1.82) is 0 Å². The molecular weight excluding hydrogens is 380 g/mol. The van der Waals surface area contributed by atoms with Gasteiger partial charge in [0.1, 0.15) is 17.3 Å². The molecule has 150 valence electrons. The Bertz CT molecular complexity index is 630. The molecule has 1 aliphatic rings. The summed E-state index contributed by atoms with van der Waals surface area (Å²) in [6, 6.07) is 6.64. The van der Waals surface area contributed by atoms with Gasteiger partial charge in [0.25, 0.3) is 0 Å². The van der Waals surface area contributed by atoms with Gasteiger partial charge in [0.05, 0.1) is 13.2 Å². The smallest absolute Gasteiger partial charge is 0.244 e. The quantitative estimate of drug-likeness (QED) is 0.569. The second-order valence-corrected chi connectivity index (χ2v) is 8.03. The molecule has 1 saturated heterocycles. The van der Waals surface area contributed by atoms with Crippen LogP contribution in [0.4, 0.5) is 0 Å². The number of halogens is 1. The Morgan fingerprint density at radius 2 is 1.81 bits per heavy atom. The number of para-hydroxylation sites is 1. The van der Waals surface area contributed by atoms with Gasteiger partial charge in [0.15, 0.2) is 0 Å². The first-order valence-electron chi connectivity index (χ1n) is 8.43. The van der Waals surface area contributed by atoms with Gasteiger partial charge in [-0.2, -0.15) is 0 Å². The van der Waals surface area contributed by atoms with E-state index in [-0.39, 0.29) is 22.7 Å². The maximum atomic E-state index is 12.8. The van der Waals surface area contributed by atoms with Crippen molar-refractivity contribution in [2.24, 2.45) is 5.41 Å². The van der Waals surface area contributed by atoms with Crippen LogP contribution in [0.25, 0.3) is 0 Å². The molecular formula is C17H29ClN2O5S. The van der Waals surface area contributed by atoms with Gasteiger partial charge < -0.3 is 19.5 Å². The zero-order valence-electron chi connectivity index (χ0n) is 15.3. The average molecular weight is 409 g/mol. The van der Waals surface area contributed by atoms with Crippen LogP contribution >= 0.6 is 12.4 Å². The molecule has 1 aromatic carbocycles. The number of benzene rings is 1. The van der Waals surface area contributed by atoms with Gasteiger partial charge in [-0.05, 0) is 38.1 Å². The van der Waals surface area contributed by atoms with Crippen molar-refractivity contribution in [3.63, 3.8) is 0 Å². The number of hydrogen-bond acceptors (Lipinski definition) is 6. The minimum absolute atomic E-state index is 0. The summed E-state index contributed by atoms with van der Waals surface area (Å²) in [6.45, 7) is 3.29. The fourth-order valence-electron chi connectivity index (χ4n) is 2.99. The molecule has 1 heterocycles. The SMILES string of the molecule is COCCOc1ccccc1S(=O)(=O)NCC1(COC)CCNCC1.Cl. The van der Waals surface area contributed by atoms with E-state index in [1.54, 1.807) is 38.5 Å². The molecule has 0 atom stereocenters. The first-order chi connectivity index (χ1) is 12.0. The van der Waals surface area contributed by atoms with Crippen LogP contribution in [0.5, 0.6) is 5.75 Å². The van der Waals surface area contributed by atoms with E-state index in [1.165, 1.54) is 0 Å². The van der Waals surface area contributed by atoms with E-state index >= 15 is 0 Å². The Morgan fingerprint density at radius 1 is 1.12 bits per heavy atom. The van der Waals surface area contributed by atoms with Crippen molar-refractivity contribution in [2.45, 2.75) is 17.7 Å². The largest absolute Gasteiger partial charge is 0.490 e. The molecule has 0 bridgehead atoms. The van der Waals surface area contributed by atoms with E-state index in [2.05, 4.69) is 10.0 Å². The molecule has 1 aromatic rings. The molecule has 9 heteroatoms. The lowest BCUT2D eigenvalue weighted by Gasteiger charge is -2.37. The molecule has 0 radical (unpaired) electrons. The van der Waals surface area contributed by atoms with Crippen LogP contribution in [0.15, 0.2) is 29.2 Å². The van der Waals surface area contributed by atoms with Crippen LogP contribution in [0.3, 0.4) is 0 Å². The Morgan fingerprint density at radius 3 is 2.46 bits per heavy atom. The highest BCUT2D eigenvalue weighted by atomic mass is 35.5. The van der Waals surface area contributed by atoms with E-state index in [9.17, 15) is 8.42 Å². The Balaban J connectivity index is 0.00000338. The van der Waals surface area contributed by atoms with Crippen molar-refractivity contribution in [3.05, 3.63) is 24.3 Å². The fraction of sp³-hybridized carbons (Fsp3) is 0.647. The molecule has 0 spiro atoms. The molecule has 1 aliphatic heterocycles. The number of hydrogen-bond donors (Lipinski definition) is 2. The standard InChI is InChI=1S/C17H28N2O5S.ClH/c1-22-11-12-24-15-5-3-4-6-16(15)25(20,21)19-13-17(14-23-2)7-9-18-10-8-17;/h3-6,18-19H,7-14H2,1-2H3;1H. The van der Waals surface area contributed by atoms with Gasteiger partial charge in [0.2, 0.25) is 10.0 Å². The lowest BCUT2D eigenvalue weighted by atomic mass is 9.80. The van der Waals surface area contributed by atoms with Gasteiger partial charge in [-0.1, -0.05) is 12.1 Å². The molecule has 0 saturated carbocycles. The van der Waals surface area contributed by atoms with Crippen LogP contribution in [0, 0.1) is 5.41 Å². The summed E-state index contributed by atoms with van der Waals surface area (Å²) >= 11 is 0. The van der Waals surface area contributed by atoms with Crippen molar-refractivity contribution in [3.8, 4) is 5.75 Å². The molecule has 0 unspecified atom stereocenters. The second kappa shape index (κ2) is 11.1. The normalized spacial score (nSPS) is 16.7. The first-order valence-corrected chi connectivity index (χ1v) is 9.91. The summed E-state index contributed by atoms with van der Waals surface area (Å²) in [4.78, 5) is 0.146. The summed E-state index contributed by atoms with van der Waals surface area (Å²) < 4.78 is 44.2. The lowest BCUT2D eigenvalue weighted by molar-refractivity contribution is 0.0577. The topological polar surface area (TPSA) is 85.9 Å². The number of ether oxygens (including phenoxy) is 3. The Hall–Kier alpha value is -0.900. The maximum Gasteiger partial charge on any atom is 0.244 e. The third kappa shape index (κ3) is 6.37. The zero-order valence-corrected chi connectivity index (χ0v) is 17.0. The molecule has 0 aromatic heterocycles. The van der Waals surface area contributed by atoms with E-state index in [0.29, 0.717) is 32.1 Å². The minimum Gasteiger partial charge on any atom is -0.490 e. The van der Waals surface area contributed by atoms with Gasteiger partial charge in [-0.15, -0.1) is 12.4 Å². The zero-order chi connectivity index (χ0) is 18.2. The molecule has 26 heavy (non-hydrogen) atoms. The molecule has 7 nitrogen and oxygen atoms in total. The van der Waals surface area contributed by atoms with E-state index in [0.717, 1.165) is 25.9 Å². The number of methoxy groups -OCH3 is 2. The maximum absolute atomic E-state index is 12.8. The van der Waals surface area contributed by atoms with E-state index in [4.69, 9.17) is 14.2 Å². The molecule has 0 amide bonds. The number of sulfonamides is 1. The monoisotopic (exact) mass is 408 g/mol. The highest BCUT2D eigenvalue weighted by Gasteiger charge is 2.34. The summed E-state index contributed by atoms with van der Waals surface area (Å²) in [7, 11) is -0.454. The Labute approximate surface area is 162 Å².